The fraction of sp³-hybridized carbons (Fsp3) is 0.0500. The van der Waals surface area contributed by atoms with Crippen molar-refractivity contribution in [1.82, 2.24) is 19.7 Å². The number of aromatic nitrogens is 4. The van der Waals surface area contributed by atoms with Gasteiger partial charge < -0.3 is 4.74 Å². The first-order valence-electron chi connectivity index (χ1n) is 8.83. The average Bonchev–Trinajstić information content (AvgIpc) is 3.11. The van der Waals surface area contributed by atoms with Crippen LogP contribution in [0.2, 0.25) is 10.0 Å². The molecule has 1 N–H and O–H groups in total. The molecule has 2 aromatic heterocycles. The molecule has 0 spiro atoms. The third-order valence-corrected chi connectivity index (χ3v) is 5.74. The van der Waals surface area contributed by atoms with E-state index in [1.54, 1.807) is 24.3 Å². The third-order valence-electron chi connectivity index (χ3n) is 4.11. The number of aromatic amines is 1. The first-order valence-corrected chi connectivity index (χ1v) is 10.4. The maximum absolute atomic E-state index is 12.8. The van der Waals surface area contributed by atoms with Gasteiger partial charge in [-0.1, -0.05) is 41.4 Å². The van der Waals surface area contributed by atoms with E-state index in [0.717, 1.165) is 17.8 Å². The van der Waals surface area contributed by atoms with Crippen LogP contribution >= 0.6 is 35.0 Å². The van der Waals surface area contributed by atoms with Gasteiger partial charge >= 0.3 is 11.9 Å². The Bertz CT molecular complexity index is 1310. The van der Waals surface area contributed by atoms with Crippen LogP contribution in [0.3, 0.4) is 0 Å². The number of halogens is 5. The van der Waals surface area contributed by atoms with Crippen LogP contribution in [0.5, 0.6) is 11.5 Å². The van der Waals surface area contributed by atoms with Gasteiger partial charge in [0.25, 0.3) is 0 Å². The lowest BCUT2D eigenvalue weighted by Gasteiger charge is -2.14. The molecule has 12 heteroatoms. The molecule has 0 atom stereocenters. The molecule has 0 saturated heterocycles. The number of H-pyrrole nitrogens is 1. The molecular formula is C20H11Cl2F3N4O2S. The van der Waals surface area contributed by atoms with Gasteiger partial charge in [-0.2, -0.15) is 13.2 Å². The zero-order valence-electron chi connectivity index (χ0n) is 15.7. The largest absolute Gasteiger partial charge is 0.455 e. The normalized spacial score (nSPS) is 11.5. The van der Waals surface area contributed by atoms with Gasteiger partial charge in [0.15, 0.2) is 5.75 Å². The fourth-order valence-corrected chi connectivity index (χ4v) is 3.76. The highest BCUT2D eigenvalue weighted by Gasteiger charge is 2.30. The van der Waals surface area contributed by atoms with E-state index in [-0.39, 0.29) is 31.7 Å². The smallest absolute Gasteiger partial charge is 0.417 e. The van der Waals surface area contributed by atoms with Crippen LogP contribution in [0, 0.1) is 0 Å². The Kier molecular flexibility index (Phi) is 6.18. The molecule has 0 aliphatic carbocycles. The van der Waals surface area contributed by atoms with E-state index in [4.69, 9.17) is 27.9 Å². The molecule has 32 heavy (non-hydrogen) atoms. The molecule has 0 unspecified atom stereocenters. The molecule has 6 nitrogen and oxygen atoms in total. The van der Waals surface area contributed by atoms with Crippen LogP contribution in [-0.4, -0.2) is 19.7 Å². The third kappa shape index (κ3) is 4.77. The zero-order valence-corrected chi connectivity index (χ0v) is 18.1. The van der Waals surface area contributed by atoms with E-state index in [2.05, 4.69) is 15.2 Å². The summed E-state index contributed by atoms with van der Waals surface area (Å²) in [4.78, 5) is 16.3. The van der Waals surface area contributed by atoms with E-state index < -0.39 is 17.4 Å². The number of pyridine rings is 1. The van der Waals surface area contributed by atoms with Gasteiger partial charge in [-0.3, -0.25) is 0 Å². The number of nitrogens with one attached hydrogen (secondary N) is 1. The minimum Gasteiger partial charge on any atom is -0.455 e. The van der Waals surface area contributed by atoms with Gasteiger partial charge in [0, 0.05) is 12.3 Å². The Morgan fingerprint density at radius 2 is 1.75 bits per heavy atom. The fourth-order valence-electron chi connectivity index (χ4n) is 2.66. The molecule has 0 fully saturated rings. The van der Waals surface area contributed by atoms with E-state index in [9.17, 15) is 18.0 Å². The first-order chi connectivity index (χ1) is 15.2. The van der Waals surface area contributed by atoms with Gasteiger partial charge in [0.1, 0.15) is 10.8 Å². The molecule has 2 heterocycles. The number of nitrogens with zero attached hydrogens (tertiary/aromatic N) is 3. The molecule has 0 bridgehead atoms. The molecule has 4 rings (SSSR count). The van der Waals surface area contributed by atoms with E-state index in [1.165, 1.54) is 22.8 Å². The number of ether oxygens (including phenoxy) is 1. The van der Waals surface area contributed by atoms with Gasteiger partial charge in [-0.15, -0.1) is 5.10 Å². The van der Waals surface area contributed by atoms with Crippen molar-refractivity contribution >= 4 is 35.0 Å². The summed E-state index contributed by atoms with van der Waals surface area (Å²) in [7, 11) is 0. The summed E-state index contributed by atoms with van der Waals surface area (Å²) in [6.45, 7) is 0. The second-order valence-corrected chi connectivity index (χ2v) is 8.08. The first kappa shape index (κ1) is 22.3. The van der Waals surface area contributed by atoms with Crippen molar-refractivity contribution in [3.63, 3.8) is 0 Å². The summed E-state index contributed by atoms with van der Waals surface area (Å²) in [5, 5.41) is 6.95. The Labute approximate surface area is 193 Å². The van der Waals surface area contributed by atoms with Gasteiger partial charge in [-0.05, 0) is 42.1 Å². The topological polar surface area (TPSA) is 72.8 Å². The second-order valence-electron chi connectivity index (χ2n) is 6.28. The Hall–Kier alpha value is -2.95. The molecular weight excluding hydrogens is 488 g/mol. The van der Waals surface area contributed by atoms with Crippen molar-refractivity contribution in [3.8, 4) is 17.2 Å². The maximum atomic E-state index is 12.8. The molecule has 0 aliphatic heterocycles. The number of benzene rings is 2. The summed E-state index contributed by atoms with van der Waals surface area (Å²) in [5.41, 5.74) is -1.27. The standard InChI is InChI=1S/C20H11Cl2F3N4O2S/c21-13-8-15(16(9-14(13)22)31-12-4-2-1-3-5-12)29-18(30)27-28-19(29)32-17-7-6-11(10-26-17)20(23,24)25/h1-10H,(H,27,30). The van der Waals surface area contributed by atoms with Gasteiger partial charge in [0.2, 0.25) is 5.16 Å². The average molecular weight is 499 g/mol. The zero-order chi connectivity index (χ0) is 22.9. The van der Waals surface area contributed by atoms with Crippen LogP contribution in [0.4, 0.5) is 13.2 Å². The van der Waals surface area contributed by atoms with Crippen LogP contribution in [0.15, 0.2) is 75.8 Å². The maximum Gasteiger partial charge on any atom is 0.417 e. The van der Waals surface area contributed by atoms with Crippen LogP contribution in [0.1, 0.15) is 5.56 Å². The molecule has 0 radical (unpaired) electrons. The molecule has 0 saturated carbocycles. The Morgan fingerprint density at radius 1 is 1.03 bits per heavy atom. The summed E-state index contributed by atoms with van der Waals surface area (Å²) in [5.74, 6) is 0.707. The number of alkyl halides is 3. The van der Waals surface area contributed by atoms with Crippen LogP contribution in [-0.2, 0) is 6.18 Å². The van der Waals surface area contributed by atoms with E-state index in [1.807, 2.05) is 6.07 Å². The highest BCUT2D eigenvalue weighted by Crippen LogP contribution is 2.37. The highest BCUT2D eigenvalue weighted by atomic mass is 35.5. The molecule has 4 aromatic rings. The lowest BCUT2D eigenvalue weighted by atomic mass is 10.2. The number of rotatable bonds is 5. The van der Waals surface area contributed by atoms with Crippen molar-refractivity contribution < 1.29 is 17.9 Å². The highest BCUT2D eigenvalue weighted by molar-refractivity contribution is 7.99. The molecule has 0 aliphatic rings. The lowest BCUT2D eigenvalue weighted by Crippen LogP contribution is -2.16. The SMILES string of the molecule is O=c1[nH]nc(Sc2ccc(C(F)(F)F)cn2)n1-c1cc(Cl)c(Cl)cc1Oc1ccccc1. The number of hydrogen-bond acceptors (Lipinski definition) is 5. The van der Waals surface area contributed by atoms with E-state index in [0.29, 0.717) is 11.9 Å². The quantitative estimate of drug-likeness (QED) is 0.353. The number of para-hydroxylation sites is 1. The summed E-state index contributed by atoms with van der Waals surface area (Å²) in [6.07, 6.45) is -3.80. The van der Waals surface area contributed by atoms with Crippen molar-refractivity contribution in [2.24, 2.45) is 0 Å². The van der Waals surface area contributed by atoms with Gasteiger partial charge in [-0.25, -0.2) is 19.4 Å². The van der Waals surface area contributed by atoms with Gasteiger partial charge in [0.05, 0.1) is 21.3 Å². The molecule has 164 valence electrons. The lowest BCUT2D eigenvalue weighted by molar-refractivity contribution is -0.137. The Morgan fingerprint density at radius 3 is 2.41 bits per heavy atom. The van der Waals surface area contributed by atoms with Crippen LogP contribution in [0.25, 0.3) is 5.69 Å². The van der Waals surface area contributed by atoms with Crippen molar-refractivity contribution in [2.75, 3.05) is 0 Å². The monoisotopic (exact) mass is 498 g/mol. The van der Waals surface area contributed by atoms with Crippen LogP contribution < -0.4 is 10.4 Å². The predicted octanol–water partition coefficient (Wildman–Crippen LogP) is 6.22. The molecule has 2 aromatic carbocycles. The van der Waals surface area contributed by atoms with Crippen molar-refractivity contribution in [3.05, 3.63) is 86.9 Å². The molecule has 0 amide bonds. The van der Waals surface area contributed by atoms with E-state index >= 15 is 0 Å². The van der Waals surface area contributed by atoms with Crippen molar-refractivity contribution in [2.45, 2.75) is 16.4 Å². The summed E-state index contributed by atoms with van der Waals surface area (Å²) in [6, 6.07) is 13.8. The minimum atomic E-state index is -4.51. The summed E-state index contributed by atoms with van der Waals surface area (Å²) < 4.78 is 45.4. The summed E-state index contributed by atoms with van der Waals surface area (Å²) >= 11 is 13.2. The predicted molar refractivity (Wildman–Crippen MR) is 114 cm³/mol. The minimum absolute atomic E-state index is 0.110. The Balaban J connectivity index is 1.74. The number of hydrogen-bond donors (Lipinski definition) is 1. The van der Waals surface area contributed by atoms with Crippen molar-refractivity contribution in [1.29, 1.82) is 0 Å². The second kappa shape index (κ2) is 8.89.